The van der Waals surface area contributed by atoms with Crippen molar-refractivity contribution in [3.05, 3.63) is 30.2 Å². The molecule has 3 heteroatoms. The Hall–Kier alpha value is -1.35. The van der Waals surface area contributed by atoms with Crippen LogP contribution in [0.25, 0.3) is 11.1 Å². The highest BCUT2D eigenvalue weighted by atomic mass is 16.3. The lowest BCUT2D eigenvalue weighted by Crippen LogP contribution is -2.19. The lowest BCUT2D eigenvalue weighted by Gasteiger charge is -2.11. The monoisotopic (exact) mass is 188 g/mol. The highest BCUT2D eigenvalue weighted by Crippen LogP contribution is 2.47. The molecule has 0 radical (unpaired) electrons. The first-order valence-corrected chi connectivity index (χ1v) is 4.88. The van der Waals surface area contributed by atoms with Crippen LogP contribution in [-0.4, -0.2) is 11.5 Å². The molecule has 0 unspecified atom stereocenters. The van der Waals surface area contributed by atoms with E-state index in [0.29, 0.717) is 0 Å². The van der Waals surface area contributed by atoms with Crippen LogP contribution in [0.5, 0.6) is 0 Å². The summed E-state index contributed by atoms with van der Waals surface area (Å²) >= 11 is 0. The Bertz CT molecular complexity index is 471. The summed E-state index contributed by atoms with van der Waals surface area (Å²) in [5.41, 5.74) is 9.09. The van der Waals surface area contributed by atoms with E-state index in [0.717, 1.165) is 17.6 Å². The van der Waals surface area contributed by atoms with Crippen molar-refractivity contribution in [2.45, 2.75) is 18.3 Å². The molecule has 1 aliphatic rings. The molecule has 1 aromatic heterocycles. The molecule has 1 aromatic carbocycles. The maximum Gasteiger partial charge on any atom is 0.181 e. The van der Waals surface area contributed by atoms with Crippen molar-refractivity contribution in [2.75, 3.05) is 6.54 Å². The van der Waals surface area contributed by atoms with Crippen molar-refractivity contribution in [3.8, 4) is 0 Å². The van der Waals surface area contributed by atoms with E-state index < -0.39 is 0 Å². The van der Waals surface area contributed by atoms with Gasteiger partial charge >= 0.3 is 0 Å². The molecule has 72 valence electrons. The molecule has 0 aliphatic heterocycles. The third-order valence-corrected chi connectivity index (χ3v) is 3.19. The lowest BCUT2D eigenvalue weighted by molar-refractivity contribution is 0.600. The number of hydrogen-bond acceptors (Lipinski definition) is 3. The van der Waals surface area contributed by atoms with E-state index in [2.05, 4.69) is 17.1 Å². The van der Waals surface area contributed by atoms with Gasteiger partial charge in [0.1, 0.15) is 5.52 Å². The predicted molar refractivity (Wildman–Crippen MR) is 54.0 cm³/mol. The van der Waals surface area contributed by atoms with Crippen LogP contribution in [0.2, 0.25) is 0 Å². The Morgan fingerprint density at radius 2 is 2.29 bits per heavy atom. The zero-order valence-electron chi connectivity index (χ0n) is 7.86. The molecule has 2 N–H and O–H groups in total. The van der Waals surface area contributed by atoms with Crippen LogP contribution in [0, 0.1) is 0 Å². The highest BCUT2D eigenvalue weighted by molar-refractivity contribution is 5.73. The summed E-state index contributed by atoms with van der Waals surface area (Å²) in [6.07, 6.45) is 3.88. The van der Waals surface area contributed by atoms with Gasteiger partial charge in [-0.1, -0.05) is 6.07 Å². The van der Waals surface area contributed by atoms with Crippen LogP contribution in [0.4, 0.5) is 0 Å². The van der Waals surface area contributed by atoms with E-state index in [1.807, 2.05) is 6.07 Å². The summed E-state index contributed by atoms with van der Waals surface area (Å²) in [7, 11) is 0. The summed E-state index contributed by atoms with van der Waals surface area (Å²) < 4.78 is 5.27. The summed E-state index contributed by atoms with van der Waals surface area (Å²) in [6, 6.07) is 6.19. The molecule has 1 aliphatic carbocycles. The lowest BCUT2D eigenvalue weighted by atomic mass is 9.96. The Balaban J connectivity index is 2.13. The Morgan fingerprint density at radius 3 is 3.00 bits per heavy atom. The molecule has 14 heavy (non-hydrogen) atoms. The van der Waals surface area contributed by atoms with E-state index in [4.69, 9.17) is 10.2 Å². The average Bonchev–Trinajstić information content (AvgIpc) is 2.89. The molecule has 1 fully saturated rings. The minimum absolute atomic E-state index is 0.237. The van der Waals surface area contributed by atoms with Crippen molar-refractivity contribution >= 4 is 11.1 Å². The first-order valence-electron chi connectivity index (χ1n) is 4.88. The quantitative estimate of drug-likeness (QED) is 0.782. The van der Waals surface area contributed by atoms with E-state index in [1.165, 1.54) is 24.8 Å². The normalized spacial score (nSPS) is 18.6. The Kier molecular flexibility index (Phi) is 1.47. The van der Waals surface area contributed by atoms with Gasteiger partial charge < -0.3 is 10.2 Å². The maximum absolute atomic E-state index is 5.77. The third-order valence-electron chi connectivity index (χ3n) is 3.19. The number of benzene rings is 1. The molecule has 3 rings (SSSR count). The maximum atomic E-state index is 5.77. The average molecular weight is 188 g/mol. The van der Waals surface area contributed by atoms with Crippen molar-refractivity contribution in [3.63, 3.8) is 0 Å². The summed E-state index contributed by atoms with van der Waals surface area (Å²) in [4.78, 5) is 4.09. The number of nitrogens with zero attached hydrogens (tertiary/aromatic N) is 1. The number of rotatable bonds is 2. The number of nitrogens with two attached hydrogens (primary N) is 1. The second-order valence-corrected chi connectivity index (χ2v) is 4.02. The SMILES string of the molecule is NCC1(c2ccc3ncoc3c2)CC1. The van der Waals surface area contributed by atoms with Crippen LogP contribution >= 0.6 is 0 Å². The van der Waals surface area contributed by atoms with E-state index in [9.17, 15) is 0 Å². The van der Waals surface area contributed by atoms with Crippen molar-refractivity contribution in [2.24, 2.45) is 5.73 Å². The van der Waals surface area contributed by atoms with Crippen LogP contribution in [0.15, 0.2) is 29.0 Å². The smallest absolute Gasteiger partial charge is 0.181 e. The molecule has 0 saturated heterocycles. The Labute approximate surface area is 81.9 Å². The zero-order valence-corrected chi connectivity index (χ0v) is 7.86. The molecule has 0 amide bonds. The molecule has 1 heterocycles. The molecule has 1 saturated carbocycles. The number of aromatic nitrogens is 1. The molecule has 0 spiro atoms. The molecule has 3 nitrogen and oxygen atoms in total. The minimum Gasteiger partial charge on any atom is -0.443 e. The van der Waals surface area contributed by atoms with Gasteiger partial charge in [-0.3, -0.25) is 0 Å². The topological polar surface area (TPSA) is 52.0 Å². The van der Waals surface area contributed by atoms with Crippen molar-refractivity contribution < 1.29 is 4.42 Å². The van der Waals surface area contributed by atoms with Crippen LogP contribution in [-0.2, 0) is 5.41 Å². The largest absolute Gasteiger partial charge is 0.443 e. The number of hydrogen-bond donors (Lipinski definition) is 1. The molecular weight excluding hydrogens is 176 g/mol. The van der Waals surface area contributed by atoms with E-state index >= 15 is 0 Å². The van der Waals surface area contributed by atoms with Gasteiger partial charge in [0.05, 0.1) is 0 Å². The van der Waals surface area contributed by atoms with E-state index in [1.54, 1.807) is 0 Å². The molecule has 0 bridgehead atoms. The summed E-state index contributed by atoms with van der Waals surface area (Å²) in [6.45, 7) is 0.729. The van der Waals surface area contributed by atoms with E-state index in [-0.39, 0.29) is 5.41 Å². The summed E-state index contributed by atoms with van der Waals surface area (Å²) in [5, 5.41) is 0. The molecular formula is C11H12N2O. The van der Waals surface area contributed by atoms with Gasteiger partial charge in [0.2, 0.25) is 0 Å². The van der Waals surface area contributed by atoms with Gasteiger partial charge in [-0.05, 0) is 30.5 Å². The fourth-order valence-corrected chi connectivity index (χ4v) is 1.95. The highest BCUT2D eigenvalue weighted by Gasteiger charge is 2.42. The van der Waals surface area contributed by atoms with Gasteiger partial charge in [0.25, 0.3) is 0 Å². The number of fused-ring (bicyclic) bond motifs is 1. The van der Waals surface area contributed by atoms with Gasteiger partial charge in [-0.15, -0.1) is 0 Å². The zero-order chi connectivity index (χ0) is 9.60. The summed E-state index contributed by atoms with van der Waals surface area (Å²) in [5.74, 6) is 0. The predicted octanol–water partition coefficient (Wildman–Crippen LogP) is 1.82. The second-order valence-electron chi connectivity index (χ2n) is 4.02. The fraction of sp³-hybridized carbons (Fsp3) is 0.364. The van der Waals surface area contributed by atoms with Crippen LogP contribution < -0.4 is 5.73 Å². The van der Waals surface area contributed by atoms with Crippen LogP contribution in [0.3, 0.4) is 0 Å². The van der Waals surface area contributed by atoms with Crippen molar-refractivity contribution in [1.29, 1.82) is 0 Å². The Morgan fingerprint density at radius 1 is 1.43 bits per heavy atom. The standard InChI is InChI=1S/C11H12N2O/c12-6-11(3-4-11)8-1-2-9-10(5-8)14-7-13-9/h1-2,5,7H,3-4,6,12H2. The third kappa shape index (κ3) is 0.990. The number of oxazole rings is 1. The van der Waals surface area contributed by atoms with Gasteiger partial charge in [0.15, 0.2) is 12.0 Å². The first kappa shape index (κ1) is 8.00. The van der Waals surface area contributed by atoms with Gasteiger partial charge in [0, 0.05) is 12.0 Å². The van der Waals surface area contributed by atoms with Crippen molar-refractivity contribution in [1.82, 2.24) is 4.98 Å². The van der Waals surface area contributed by atoms with Gasteiger partial charge in [-0.2, -0.15) is 0 Å². The molecule has 2 aromatic rings. The van der Waals surface area contributed by atoms with Gasteiger partial charge in [-0.25, -0.2) is 4.98 Å². The minimum atomic E-state index is 0.237. The van der Waals surface area contributed by atoms with Crippen LogP contribution in [0.1, 0.15) is 18.4 Å². The first-order chi connectivity index (χ1) is 6.84. The fourth-order valence-electron chi connectivity index (χ4n) is 1.95. The molecule has 0 atom stereocenters. The second kappa shape index (κ2) is 2.58.